The number of carboxylic acids is 1. The second-order valence-electron chi connectivity index (χ2n) is 5.25. The highest BCUT2D eigenvalue weighted by Crippen LogP contribution is 2.30. The molecular formula is C11H15N3O4S. The van der Waals surface area contributed by atoms with E-state index < -0.39 is 21.7 Å². The minimum Gasteiger partial charge on any atom is -0.481 e. The van der Waals surface area contributed by atoms with E-state index in [-0.39, 0.29) is 17.4 Å². The van der Waals surface area contributed by atoms with Crippen LogP contribution in [0.15, 0.2) is 0 Å². The molecule has 0 aliphatic carbocycles. The zero-order valence-electron chi connectivity index (χ0n) is 10.3. The Bertz CT molecular complexity index is 622. The number of nitrogens with zero attached hydrogens (tertiary/aromatic N) is 3. The Morgan fingerprint density at radius 2 is 2.11 bits per heavy atom. The molecular weight excluding hydrogens is 270 g/mol. The van der Waals surface area contributed by atoms with Crippen LogP contribution in [0.25, 0.3) is 0 Å². The smallest absolute Gasteiger partial charge is 0.307 e. The highest BCUT2D eigenvalue weighted by Gasteiger charge is 2.35. The van der Waals surface area contributed by atoms with Crippen molar-refractivity contribution in [3.05, 3.63) is 11.6 Å². The topological polar surface area (TPSA) is 102 Å². The molecule has 2 aliphatic rings. The van der Waals surface area contributed by atoms with Gasteiger partial charge in [0, 0.05) is 18.9 Å². The standard InChI is InChI=1S/C11H15N3O4S/c15-11(16)7-1-3-14-9(5-7)12-13-10(14)8-2-4-19(17,18)6-8/h7-8H,1-6H2,(H,15,16). The fourth-order valence-electron chi connectivity index (χ4n) is 2.86. The summed E-state index contributed by atoms with van der Waals surface area (Å²) in [5.74, 6) is 0.409. The van der Waals surface area contributed by atoms with E-state index in [0.29, 0.717) is 37.5 Å². The molecule has 0 spiro atoms. The fraction of sp³-hybridized carbons (Fsp3) is 0.727. The number of fused-ring (bicyclic) bond motifs is 1. The Morgan fingerprint density at radius 3 is 2.74 bits per heavy atom. The van der Waals surface area contributed by atoms with E-state index in [1.54, 1.807) is 0 Å². The number of aliphatic carboxylic acids is 1. The second-order valence-corrected chi connectivity index (χ2v) is 7.48. The minimum atomic E-state index is -2.95. The Balaban J connectivity index is 1.86. The van der Waals surface area contributed by atoms with Gasteiger partial charge in [0.1, 0.15) is 11.6 Å². The lowest BCUT2D eigenvalue weighted by molar-refractivity contribution is -0.142. The van der Waals surface area contributed by atoms with E-state index in [9.17, 15) is 13.2 Å². The van der Waals surface area contributed by atoms with Crippen LogP contribution in [-0.2, 0) is 27.6 Å². The Morgan fingerprint density at radius 1 is 1.32 bits per heavy atom. The van der Waals surface area contributed by atoms with Crippen LogP contribution in [0.2, 0.25) is 0 Å². The molecule has 2 aliphatic heterocycles. The summed E-state index contributed by atoms with van der Waals surface area (Å²) in [7, 11) is -2.95. The summed E-state index contributed by atoms with van der Waals surface area (Å²) in [4.78, 5) is 11.0. The Labute approximate surface area is 110 Å². The summed E-state index contributed by atoms with van der Waals surface area (Å²) in [5.41, 5.74) is 0. The van der Waals surface area contributed by atoms with Crippen LogP contribution < -0.4 is 0 Å². The highest BCUT2D eigenvalue weighted by atomic mass is 32.2. The molecule has 1 fully saturated rings. The van der Waals surface area contributed by atoms with E-state index >= 15 is 0 Å². The van der Waals surface area contributed by atoms with Crippen molar-refractivity contribution in [2.75, 3.05) is 11.5 Å². The lowest BCUT2D eigenvalue weighted by Gasteiger charge is -2.21. The maximum atomic E-state index is 11.5. The van der Waals surface area contributed by atoms with Gasteiger partial charge < -0.3 is 9.67 Å². The van der Waals surface area contributed by atoms with Gasteiger partial charge in [-0.2, -0.15) is 0 Å². The maximum absolute atomic E-state index is 11.5. The molecule has 7 nitrogen and oxygen atoms in total. The third kappa shape index (κ3) is 2.24. The van der Waals surface area contributed by atoms with Crippen molar-refractivity contribution in [3.63, 3.8) is 0 Å². The molecule has 104 valence electrons. The van der Waals surface area contributed by atoms with Gasteiger partial charge >= 0.3 is 5.97 Å². The lowest BCUT2D eigenvalue weighted by Crippen LogP contribution is -2.27. The third-order valence-electron chi connectivity index (χ3n) is 3.93. The molecule has 8 heteroatoms. The van der Waals surface area contributed by atoms with Crippen molar-refractivity contribution < 1.29 is 18.3 Å². The first kappa shape index (κ1) is 12.6. The number of hydrogen-bond donors (Lipinski definition) is 1. The summed E-state index contributed by atoms with van der Waals surface area (Å²) >= 11 is 0. The van der Waals surface area contributed by atoms with Gasteiger partial charge in [-0.05, 0) is 12.8 Å². The molecule has 3 heterocycles. The Hall–Kier alpha value is -1.44. The third-order valence-corrected chi connectivity index (χ3v) is 5.70. The van der Waals surface area contributed by atoms with Crippen LogP contribution in [0, 0.1) is 5.92 Å². The average molecular weight is 285 g/mol. The van der Waals surface area contributed by atoms with Crippen LogP contribution in [0.5, 0.6) is 0 Å². The van der Waals surface area contributed by atoms with Crippen LogP contribution in [0.1, 0.15) is 30.4 Å². The van der Waals surface area contributed by atoms with Gasteiger partial charge in [-0.1, -0.05) is 0 Å². The number of carbonyl (C=O) groups is 1. The molecule has 0 radical (unpaired) electrons. The SMILES string of the molecule is O=C(O)C1CCn2c(nnc2C2CCS(=O)(=O)C2)C1. The van der Waals surface area contributed by atoms with E-state index in [2.05, 4.69) is 10.2 Å². The van der Waals surface area contributed by atoms with Gasteiger partial charge in [0.25, 0.3) is 0 Å². The molecule has 1 saturated heterocycles. The summed E-state index contributed by atoms with van der Waals surface area (Å²) in [5, 5.41) is 17.1. The lowest BCUT2D eigenvalue weighted by atomic mass is 9.97. The number of carboxylic acid groups (broad SMARTS) is 1. The van der Waals surface area contributed by atoms with E-state index in [4.69, 9.17) is 5.11 Å². The fourth-order valence-corrected chi connectivity index (χ4v) is 4.60. The molecule has 1 N–H and O–H groups in total. The quantitative estimate of drug-likeness (QED) is 0.809. The first-order valence-corrected chi connectivity index (χ1v) is 8.13. The van der Waals surface area contributed by atoms with Gasteiger partial charge in [0.2, 0.25) is 0 Å². The van der Waals surface area contributed by atoms with Gasteiger partial charge in [-0.25, -0.2) is 8.42 Å². The monoisotopic (exact) mass is 285 g/mol. The number of sulfone groups is 1. The summed E-state index contributed by atoms with van der Waals surface area (Å²) < 4.78 is 24.9. The first-order chi connectivity index (χ1) is 8.96. The summed E-state index contributed by atoms with van der Waals surface area (Å²) in [6, 6.07) is 0. The zero-order valence-corrected chi connectivity index (χ0v) is 11.1. The molecule has 1 aromatic heterocycles. The molecule has 0 aromatic carbocycles. The minimum absolute atomic E-state index is 0.0902. The molecule has 1 aromatic rings. The summed E-state index contributed by atoms with van der Waals surface area (Å²) in [6.07, 6.45) is 1.51. The largest absolute Gasteiger partial charge is 0.481 e. The predicted molar refractivity (Wildman–Crippen MR) is 65.5 cm³/mol. The normalized spacial score (nSPS) is 29.1. The number of hydrogen-bond acceptors (Lipinski definition) is 5. The molecule has 3 rings (SSSR count). The van der Waals surface area contributed by atoms with Crippen molar-refractivity contribution in [1.29, 1.82) is 0 Å². The molecule has 2 unspecified atom stereocenters. The molecule has 19 heavy (non-hydrogen) atoms. The van der Waals surface area contributed by atoms with Crippen molar-refractivity contribution in [1.82, 2.24) is 14.8 Å². The number of aromatic nitrogens is 3. The van der Waals surface area contributed by atoms with E-state index in [1.165, 1.54) is 0 Å². The van der Waals surface area contributed by atoms with Gasteiger partial charge in [-0.15, -0.1) is 10.2 Å². The van der Waals surface area contributed by atoms with Gasteiger partial charge in [0.05, 0.1) is 17.4 Å². The van der Waals surface area contributed by atoms with E-state index in [1.807, 2.05) is 4.57 Å². The van der Waals surface area contributed by atoms with Crippen LogP contribution in [-0.4, -0.2) is 45.8 Å². The second kappa shape index (κ2) is 4.29. The van der Waals surface area contributed by atoms with Gasteiger partial charge in [0.15, 0.2) is 9.84 Å². The van der Waals surface area contributed by atoms with Crippen LogP contribution in [0.4, 0.5) is 0 Å². The van der Waals surface area contributed by atoms with Gasteiger partial charge in [-0.3, -0.25) is 4.79 Å². The van der Waals surface area contributed by atoms with Crippen molar-refractivity contribution in [2.45, 2.75) is 31.7 Å². The highest BCUT2D eigenvalue weighted by molar-refractivity contribution is 7.91. The van der Waals surface area contributed by atoms with Crippen LogP contribution in [0.3, 0.4) is 0 Å². The predicted octanol–water partition coefficient (Wildman–Crippen LogP) is -0.173. The molecule has 0 amide bonds. The molecule has 2 atom stereocenters. The van der Waals surface area contributed by atoms with E-state index in [0.717, 1.165) is 0 Å². The van der Waals surface area contributed by atoms with Crippen molar-refractivity contribution >= 4 is 15.8 Å². The molecule has 0 bridgehead atoms. The first-order valence-electron chi connectivity index (χ1n) is 6.31. The van der Waals surface area contributed by atoms with Crippen LogP contribution >= 0.6 is 0 Å². The van der Waals surface area contributed by atoms with Crippen molar-refractivity contribution in [2.24, 2.45) is 5.92 Å². The zero-order chi connectivity index (χ0) is 13.6. The number of rotatable bonds is 2. The Kier molecular flexibility index (Phi) is 2.84. The summed E-state index contributed by atoms with van der Waals surface area (Å²) in [6.45, 7) is 0.561. The van der Waals surface area contributed by atoms with Crippen molar-refractivity contribution in [3.8, 4) is 0 Å². The molecule has 0 saturated carbocycles. The maximum Gasteiger partial charge on any atom is 0.307 e. The average Bonchev–Trinajstić information content (AvgIpc) is 2.91.